The summed E-state index contributed by atoms with van der Waals surface area (Å²) in [6, 6.07) is 0. The quantitative estimate of drug-likeness (QED) is 0.628. The van der Waals surface area contributed by atoms with Crippen LogP contribution in [0.25, 0.3) is 0 Å². The first-order chi connectivity index (χ1) is 8.94. The summed E-state index contributed by atoms with van der Waals surface area (Å²) >= 11 is 0. The summed E-state index contributed by atoms with van der Waals surface area (Å²) < 4.78 is 5.74. The lowest BCUT2D eigenvalue weighted by molar-refractivity contribution is -0.164. The number of esters is 1. The minimum atomic E-state index is -0.733. The van der Waals surface area contributed by atoms with E-state index in [9.17, 15) is 14.7 Å². The molecule has 0 aromatic heterocycles. The zero-order chi connectivity index (χ0) is 13.8. The molecular weight excluding hydrogens is 244 g/mol. The lowest BCUT2D eigenvalue weighted by atomic mass is 9.74. The van der Waals surface area contributed by atoms with Gasteiger partial charge in [-0.25, -0.2) is 4.79 Å². The van der Waals surface area contributed by atoms with Gasteiger partial charge in [0.05, 0.1) is 5.92 Å². The first-order valence-corrected chi connectivity index (χ1v) is 7.06. The fraction of sp³-hybridized carbons (Fsp3) is 0.733. The Morgan fingerprint density at radius 3 is 2.63 bits per heavy atom. The Hall–Kier alpha value is -1.32. The van der Waals surface area contributed by atoms with E-state index in [4.69, 9.17) is 4.74 Å². The zero-order valence-corrected chi connectivity index (χ0v) is 11.2. The largest absolute Gasteiger partial charge is 0.481 e. The van der Waals surface area contributed by atoms with E-state index in [1.807, 2.05) is 0 Å². The van der Waals surface area contributed by atoms with Crippen LogP contribution < -0.4 is 0 Å². The van der Waals surface area contributed by atoms with Gasteiger partial charge in [-0.2, -0.15) is 0 Å². The monoisotopic (exact) mass is 264 g/mol. The Balaban J connectivity index is 1.88. The number of carbonyl (C=O) groups is 2. The second kappa shape index (κ2) is 4.09. The average molecular weight is 264 g/mol. The lowest BCUT2D eigenvalue weighted by Crippen LogP contribution is -2.42. The van der Waals surface area contributed by atoms with Crippen molar-refractivity contribution in [2.45, 2.75) is 44.6 Å². The van der Waals surface area contributed by atoms with Crippen molar-refractivity contribution in [3.05, 3.63) is 12.2 Å². The highest BCUT2D eigenvalue weighted by atomic mass is 16.6. The number of hydrogen-bond acceptors (Lipinski definition) is 3. The second-order valence-electron chi connectivity index (χ2n) is 6.45. The third-order valence-electron chi connectivity index (χ3n) is 5.42. The number of ether oxygens (including phenoxy) is 1. The highest BCUT2D eigenvalue weighted by Crippen LogP contribution is 2.64. The Kier molecular flexibility index (Phi) is 2.73. The van der Waals surface area contributed by atoms with Crippen LogP contribution in [0.15, 0.2) is 12.2 Å². The number of carboxylic acids is 1. The third-order valence-corrected chi connectivity index (χ3v) is 5.42. The number of aliphatic carboxylic acids is 1. The Labute approximate surface area is 112 Å². The fourth-order valence-corrected chi connectivity index (χ4v) is 4.76. The van der Waals surface area contributed by atoms with Crippen LogP contribution in [0.1, 0.15) is 39.0 Å². The van der Waals surface area contributed by atoms with Crippen LogP contribution in [0.3, 0.4) is 0 Å². The van der Waals surface area contributed by atoms with Gasteiger partial charge in [-0.05, 0) is 38.0 Å². The molecule has 3 rings (SSSR count). The molecule has 4 nitrogen and oxygen atoms in total. The summed E-state index contributed by atoms with van der Waals surface area (Å²) in [5.41, 5.74) is -0.128. The molecule has 2 bridgehead atoms. The molecule has 0 heterocycles. The summed E-state index contributed by atoms with van der Waals surface area (Å²) in [7, 11) is 0. The lowest BCUT2D eigenvalue weighted by Gasteiger charge is -2.37. The standard InChI is InChI=1S/C15H20O4/c1-8(2)14(18)19-15-6-10(11(7-15)13(16)17)9-4-3-5-12(9)15/h9-12H,1,3-7H2,2H3,(H,16,17). The van der Waals surface area contributed by atoms with Gasteiger partial charge in [0.15, 0.2) is 0 Å². The van der Waals surface area contributed by atoms with E-state index < -0.39 is 11.6 Å². The minimum absolute atomic E-state index is 0.197. The van der Waals surface area contributed by atoms with Gasteiger partial charge in [0, 0.05) is 17.9 Å². The summed E-state index contributed by atoms with van der Waals surface area (Å²) in [6.07, 6.45) is 4.51. The summed E-state index contributed by atoms with van der Waals surface area (Å²) in [5, 5.41) is 9.36. The van der Waals surface area contributed by atoms with Gasteiger partial charge < -0.3 is 9.84 Å². The normalized spacial score (nSPS) is 43.0. The maximum absolute atomic E-state index is 11.9. The van der Waals surface area contributed by atoms with Crippen molar-refractivity contribution in [1.29, 1.82) is 0 Å². The maximum Gasteiger partial charge on any atom is 0.333 e. The van der Waals surface area contributed by atoms with Gasteiger partial charge in [0.1, 0.15) is 5.60 Å². The molecule has 5 unspecified atom stereocenters. The third kappa shape index (κ3) is 1.72. The van der Waals surface area contributed by atoms with E-state index in [2.05, 4.69) is 6.58 Å². The van der Waals surface area contributed by atoms with Crippen LogP contribution >= 0.6 is 0 Å². The highest BCUT2D eigenvalue weighted by molar-refractivity contribution is 5.87. The molecule has 5 atom stereocenters. The molecule has 0 saturated heterocycles. The summed E-state index contributed by atoms with van der Waals surface area (Å²) in [4.78, 5) is 23.3. The molecule has 3 fully saturated rings. The number of fused-ring (bicyclic) bond motifs is 5. The van der Waals surface area contributed by atoms with Crippen LogP contribution in [0.5, 0.6) is 0 Å². The fourth-order valence-electron chi connectivity index (χ4n) is 4.76. The van der Waals surface area contributed by atoms with Crippen LogP contribution in [0.4, 0.5) is 0 Å². The van der Waals surface area contributed by atoms with Crippen molar-refractivity contribution in [1.82, 2.24) is 0 Å². The number of hydrogen-bond donors (Lipinski definition) is 1. The summed E-state index contributed by atoms with van der Waals surface area (Å²) in [5.74, 6) is -0.426. The van der Waals surface area contributed by atoms with Crippen LogP contribution in [-0.4, -0.2) is 22.6 Å². The van der Waals surface area contributed by atoms with Crippen molar-refractivity contribution >= 4 is 11.9 Å². The number of carbonyl (C=O) groups excluding carboxylic acids is 1. The molecule has 4 heteroatoms. The highest BCUT2D eigenvalue weighted by Gasteiger charge is 2.66. The smallest absolute Gasteiger partial charge is 0.333 e. The SMILES string of the molecule is C=C(C)C(=O)OC12CC(C(=O)O)C(C1)C1CCCC12. The van der Waals surface area contributed by atoms with Crippen molar-refractivity contribution in [2.24, 2.45) is 23.7 Å². The van der Waals surface area contributed by atoms with Crippen molar-refractivity contribution in [2.75, 3.05) is 0 Å². The Morgan fingerprint density at radius 2 is 2.00 bits per heavy atom. The van der Waals surface area contributed by atoms with E-state index in [-0.39, 0.29) is 17.8 Å². The van der Waals surface area contributed by atoms with Crippen LogP contribution in [0.2, 0.25) is 0 Å². The molecule has 3 saturated carbocycles. The molecule has 19 heavy (non-hydrogen) atoms. The first-order valence-electron chi connectivity index (χ1n) is 7.06. The topological polar surface area (TPSA) is 63.6 Å². The first kappa shape index (κ1) is 12.7. The molecule has 0 aliphatic heterocycles. The zero-order valence-electron chi connectivity index (χ0n) is 11.2. The van der Waals surface area contributed by atoms with Crippen LogP contribution in [-0.2, 0) is 14.3 Å². The molecule has 0 spiro atoms. The molecule has 3 aliphatic carbocycles. The van der Waals surface area contributed by atoms with Gasteiger partial charge in [0.25, 0.3) is 0 Å². The van der Waals surface area contributed by atoms with Gasteiger partial charge in [-0.1, -0.05) is 13.0 Å². The van der Waals surface area contributed by atoms with Crippen molar-refractivity contribution in [3.63, 3.8) is 0 Å². The Bertz CT molecular complexity index is 455. The van der Waals surface area contributed by atoms with E-state index >= 15 is 0 Å². The van der Waals surface area contributed by atoms with E-state index in [0.29, 0.717) is 23.8 Å². The van der Waals surface area contributed by atoms with E-state index in [0.717, 1.165) is 25.7 Å². The molecule has 0 radical (unpaired) electrons. The molecule has 1 N–H and O–H groups in total. The molecule has 3 aliphatic rings. The number of carboxylic acid groups (broad SMARTS) is 1. The van der Waals surface area contributed by atoms with E-state index in [1.54, 1.807) is 6.92 Å². The van der Waals surface area contributed by atoms with Crippen LogP contribution in [0, 0.1) is 23.7 Å². The van der Waals surface area contributed by atoms with Gasteiger partial charge in [0.2, 0.25) is 0 Å². The summed E-state index contributed by atoms with van der Waals surface area (Å²) in [6.45, 7) is 5.26. The molecule has 104 valence electrons. The van der Waals surface area contributed by atoms with E-state index in [1.165, 1.54) is 0 Å². The predicted molar refractivity (Wildman–Crippen MR) is 68.3 cm³/mol. The van der Waals surface area contributed by atoms with Crippen molar-refractivity contribution in [3.8, 4) is 0 Å². The van der Waals surface area contributed by atoms with Gasteiger partial charge >= 0.3 is 11.9 Å². The molecule has 0 aromatic rings. The number of rotatable bonds is 3. The maximum atomic E-state index is 11.9. The average Bonchev–Trinajstić information content (AvgIpc) is 2.97. The molecule has 0 amide bonds. The molecule has 0 aromatic carbocycles. The Morgan fingerprint density at radius 1 is 1.26 bits per heavy atom. The minimum Gasteiger partial charge on any atom is -0.481 e. The predicted octanol–water partition coefficient (Wildman–Crippen LogP) is 2.39. The van der Waals surface area contributed by atoms with Gasteiger partial charge in [-0.15, -0.1) is 0 Å². The van der Waals surface area contributed by atoms with Crippen molar-refractivity contribution < 1.29 is 19.4 Å². The second-order valence-corrected chi connectivity index (χ2v) is 6.45. The molecular formula is C15H20O4. The van der Waals surface area contributed by atoms with Gasteiger partial charge in [-0.3, -0.25) is 4.79 Å².